The lowest BCUT2D eigenvalue weighted by atomic mass is 10.1. The lowest BCUT2D eigenvalue weighted by molar-refractivity contribution is -0.870. The lowest BCUT2D eigenvalue weighted by Gasteiger charge is -2.24. The second kappa shape index (κ2) is 44.9. The van der Waals surface area contributed by atoms with Crippen molar-refractivity contribution in [1.29, 1.82) is 0 Å². The number of nitrogens with zero attached hydrogens (tertiary/aromatic N) is 1. The van der Waals surface area contributed by atoms with Crippen LogP contribution in [0.1, 0.15) is 168 Å². The van der Waals surface area contributed by atoms with Crippen LogP contribution in [0.3, 0.4) is 0 Å². The third-order valence-corrected chi connectivity index (χ3v) is 10.8. The predicted octanol–water partition coefficient (Wildman–Crippen LogP) is 14.7. The largest absolute Gasteiger partial charge is 0.472 e. The van der Waals surface area contributed by atoms with Crippen molar-refractivity contribution in [2.45, 2.75) is 174 Å². The van der Waals surface area contributed by atoms with E-state index in [1.165, 1.54) is 51.4 Å². The van der Waals surface area contributed by atoms with Gasteiger partial charge in [-0.3, -0.25) is 18.6 Å². The Balaban J connectivity index is 4.48. The van der Waals surface area contributed by atoms with Crippen molar-refractivity contribution in [1.82, 2.24) is 0 Å². The third-order valence-electron chi connectivity index (χ3n) is 9.79. The molecule has 1 N–H and O–H groups in total. The zero-order chi connectivity index (χ0) is 47.1. The summed E-state index contributed by atoms with van der Waals surface area (Å²) in [5.74, 6) is -0.912. The third kappa shape index (κ3) is 48.1. The number of phosphoric ester groups is 1. The molecule has 0 bridgehead atoms. The van der Waals surface area contributed by atoms with Crippen LogP contribution in [0, 0.1) is 0 Å². The molecule has 0 spiro atoms. The number of carbonyl (C=O) groups excluding carboxylic acids is 2. The molecule has 0 aromatic carbocycles. The van der Waals surface area contributed by atoms with Crippen molar-refractivity contribution in [3.05, 3.63) is 109 Å². The summed E-state index contributed by atoms with van der Waals surface area (Å²) in [4.78, 5) is 35.5. The number of allylic oxidation sites excluding steroid dienone is 18. The molecule has 0 saturated heterocycles. The van der Waals surface area contributed by atoms with E-state index in [4.69, 9.17) is 18.5 Å². The van der Waals surface area contributed by atoms with Gasteiger partial charge in [-0.1, -0.05) is 168 Å². The summed E-state index contributed by atoms with van der Waals surface area (Å²) >= 11 is 0. The molecule has 0 fully saturated rings. The normalized spacial score (nSPS) is 14.4. The van der Waals surface area contributed by atoms with Crippen molar-refractivity contribution in [2.75, 3.05) is 47.5 Å². The van der Waals surface area contributed by atoms with Gasteiger partial charge in [-0.15, -0.1) is 0 Å². The monoisotopic (exact) mass is 913 g/mol. The minimum absolute atomic E-state index is 0.00937. The van der Waals surface area contributed by atoms with Crippen molar-refractivity contribution in [3.8, 4) is 0 Å². The summed E-state index contributed by atoms with van der Waals surface area (Å²) in [5, 5.41) is 0. The van der Waals surface area contributed by atoms with E-state index in [2.05, 4.69) is 117 Å². The first-order chi connectivity index (χ1) is 31.0. The molecular formula is C54H91NO8P+. The molecule has 0 aliphatic carbocycles. The Morgan fingerprint density at radius 2 is 0.906 bits per heavy atom. The molecule has 0 heterocycles. The first kappa shape index (κ1) is 60.7. The van der Waals surface area contributed by atoms with E-state index in [0.717, 1.165) is 70.6 Å². The Morgan fingerprint density at radius 1 is 0.500 bits per heavy atom. The van der Waals surface area contributed by atoms with Crippen molar-refractivity contribution >= 4 is 19.8 Å². The molecule has 0 rings (SSSR count). The number of likely N-dealkylation sites (N-methyl/N-ethyl adjacent to an activating group) is 1. The Morgan fingerprint density at radius 3 is 1.38 bits per heavy atom. The average Bonchev–Trinajstić information content (AvgIpc) is 3.25. The Hall–Kier alpha value is -3.33. The fourth-order valence-electron chi connectivity index (χ4n) is 5.97. The molecule has 364 valence electrons. The summed E-state index contributed by atoms with van der Waals surface area (Å²) in [6.45, 7) is 4.18. The molecule has 0 radical (unpaired) electrons. The van der Waals surface area contributed by atoms with Gasteiger partial charge in [0.1, 0.15) is 19.8 Å². The molecule has 10 heteroatoms. The highest BCUT2D eigenvalue weighted by molar-refractivity contribution is 7.47. The van der Waals surface area contributed by atoms with Gasteiger partial charge in [0.25, 0.3) is 0 Å². The van der Waals surface area contributed by atoms with E-state index < -0.39 is 32.5 Å². The summed E-state index contributed by atoms with van der Waals surface area (Å²) in [6, 6.07) is 0. The van der Waals surface area contributed by atoms with Crippen LogP contribution in [0.5, 0.6) is 0 Å². The molecule has 1 unspecified atom stereocenters. The zero-order valence-corrected chi connectivity index (χ0v) is 41.9. The van der Waals surface area contributed by atoms with Crippen LogP contribution in [0.15, 0.2) is 109 Å². The maximum absolute atomic E-state index is 12.7. The number of unbranched alkanes of at least 4 members (excludes halogenated alkanes) is 11. The summed E-state index contributed by atoms with van der Waals surface area (Å²) in [6.07, 6.45) is 61.5. The van der Waals surface area contributed by atoms with Crippen molar-refractivity contribution < 1.29 is 42.1 Å². The number of ether oxygens (including phenoxy) is 2. The van der Waals surface area contributed by atoms with E-state index >= 15 is 0 Å². The standard InChI is InChI=1S/C54H90NO8P/c1-6-8-10-12-14-16-18-20-22-24-26-27-29-31-33-35-37-39-41-43-45-47-54(57)63-52(51-62-64(58,59)61-49-48-55(3,4)5)50-60-53(56)46-44-42-40-38-36-34-32-30-28-25-23-21-19-17-15-13-11-9-7-2/h9,11,15,17,21-24,27-30,33-36,39,41,52H,6-8,10,12-14,16,18-20,25-26,31-32,37-38,40,42-51H2,1-5H3/p+1/b11-9+,17-15+,23-21+,24-22+,29-27+,30-28+,35-33+,36-34+,41-39+/t52-/m1/s1. The first-order valence-corrected chi connectivity index (χ1v) is 26.1. The fraction of sp³-hybridized carbons (Fsp3) is 0.630. The molecule has 0 saturated carbocycles. The number of esters is 2. The van der Waals surface area contributed by atoms with Crippen molar-refractivity contribution in [2.24, 2.45) is 0 Å². The minimum Gasteiger partial charge on any atom is -0.462 e. The van der Waals surface area contributed by atoms with Crippen LogP contribution in [0.2, 0.25) is 0 Å². The van der Waals surface area contributed by atoms with Crippen LogP contribution in [-0.2, 0) is 32.7 Å². The minimum atomic E-state index is -4.41. The highest BCUT2D eigenvalue weighted by atomic mass is 31.2. The van der Waals surface area contributed by atoms with E-state index in [0.29, 0.717) is 30.3 Å². The van der Waals surface area contributed by atoms with Crippen LogP contribution in [0.25, 0.3) is 0 Å². The average molecular weight is 913 g/mol. The maximum Gasteiger partial charge on any atom is 0.472 e. The summed E-state index contributed by atoms with van der Waals surface area (Å²) in [5.41, 5.74) is 0. The molecule has 2 atom stereocenters. The Kier molecular flexibility index (Phi) is 42.5. The van der Waals surface area contributed by atoms with Gasteiger partial charge in [-0.05, 0) is 96.3 Å². The van der Waals surface area contributed by atoms with Gasteiger partial charge in [0.05, 0.1) is 27.7 Å². The van der Waals surface area contributed by atoms with E-state index in [1.54, 1.807) is 0 Å². The first-order valence-electron chi connectivity index (χ1n) is 24.6. The second-order valence-corrected chi connectivity index (χ2v) is 18.6. The van der Waals surface area contributed by atoms with Crippen molar-refractivity contribution in [3.63, 3.8) is 0 Å². The lowest BCUT2D eigenvalue weighted by Crippen LogP contribution is -2.37. The van der Waals surface area contributed by atoms with Gasteiger partial charge in [-0.25, -0.2) is 4.57 Å². The van der Waals surface area contributed by atoms with E-state index in [-0.39, 0.29) is 26.1 Å². The van der Waals surface area contributed by atoms with Gasteiger partial charge in [0.2, 0.25) is 0 Å². The smallest absolute Gasteiger partial charge is 0.462 e. The molecule has 64 heavy (non-hydrogen) atoms. The highest BCUT2D eigenvalue weighted by Crippen LogP contribution is 2.43. The van der Waals surface area contributed by atoms with Crippen LogP contribution < -0.4 is 0 Å². The number of rotatable bonds is 43. The van der Waals surface area contributed by atoms with Crippen LogP contribution >= 0.6 is 7.82 Å². The van der Waals surface area contributed by atoms with Gasteiger partial charge in [0.15, 0.2) is 6.10 Å². The number of phosphoric acid groups is 1. The van der Waals surface area contributed by atoms with Gasteiger partial charge >= 0.3 is 19.8 Å². The van der Waals surface area contributed by atoms with Crippen LogP contribution in [-0.4, -0.2) is 74.9 Å². The van der Waals surface area contributed by atoms with Gasteiger partial charge in [0, 0.05) is 12.8 Å². The van der Waals surface area contributed by atoms with Gasteiger partial charge in [-0.2, -0.15) is 0 Å². The molecule has 0 amide bonds. The maximum atomic E-state index is 12.7. The molecule has 0 aromatic heterocycles. The highest BCUT2D eigenvalue weighted by Gasteiger charge is 2.27. The zero-order valence-electron chi connectivity index (χ0n) is 41.0. The molecule has 0 aliphatic rings. The summed E-state index contributed by atoms with van der Waals surface area (Å²) < 4.78 is 34.3. The molecule has 0 aliphatic heterocycles. The van der Waals surface area contributed by atoms with Gasteiger partial charge < -0.3 is 18.9 Å². The second-order valence-electron chi connectivity index (χ2n) is 17.1. The topological polar surface area (TPSA) is 108 Å². The number of hydrogen-bond donors (Lipinski definition) is 1. The quantitative estimate of drug-likeness (QED) is 0.0212. The number of quaternary nitrogens is 1. The number of carbonyl (C=O) groups is 2. The SMILES string of the molecule is CC/C=C/C/C=C/C/C=C/C/C=C/C/C=C/CCCCCC(=O)OC[C@H](COP(=O)(O)OCC[N+](C)(C)C)OC(=O)CCC/C=C/C/C=C/C/C=C/C/C=C/CCCCCCCCC. The molecule has 0 aromatic rings. The predicted molar refractivity (Wildman–Crippen MR) is 270 cm³/mol. The summed E-state index contributed by atoms with van der Waals surface area (Å²) in [7, 11) is 1.40. The van der Waals surface area contributed by atoms with E-state index in [1.807, 2.05) is 27.2 Å². The molecule has 9 nitrogen and oxygen atoms in total. The Labute approximate surface area is 391 Å². The number of hydrogen-bond acceptors (Lipinski definition) is 7. The molecular weight excluding hydrogens is 822 g/mol. The fourth-order valence-corrected chi connectivity index (χ4v) is 6.71. The van der Waals surface area contributed by atoms with Crippen LogP contribution in [0.4, 0.5) is 0 Å². The Bertz CT molecular complexity index is 1450. The van der Waals surface area contributed by atoms with E-state index in [9.17, 15) is 19.0 Å².